The van der Waals surface area contributed by atoms with Gasteiger partial charge in [0.2, 0.25) is 5.91 Å². The van der Waals surface area contributed by atoms with Crippen LogP contribution in [0.3, 0.4) is 0 Å². The molecule has 3 aromatic rings. The fourth-order valence-electron chi connectivity index (χ4n) is 3.85. The van der Waals surface area contributed by atoms with Crippen LogP contribution in [-0.2, 0) is 4.79 Å². The van der Waals surface area contributed by atoms with Crippen LogP contribution in [0.5, 0.6) is 0 Å². The van der Waals surface area contributed by atoms with E-state index in [-0.39, 0.29) is 5.91 Å². The molecule has 0 radical (unpaired) electrons. The Labute approximate surface area is 163 Å². The smallest absolute Gasteiger partial charge is 0.233 e. The van der Waals surface area contributed by atoms with Gasteiger partial charge in [0.05, 0.1) is 27.4 Å². The largest absolute Gasteiger partial charge is 0.339 e. The summed E-state index contributed by atoms with van der Waals surface area (Å²) in [5.74, 6) is 0.587. The highest BCUT2D eigenvalue weighted by Gasteiger charge is 2.24. The summed E-state index contributed by atoms with van der Waals surface area (Å²) in [6.45, 7) is 4.92. The maximum atomic E-state index is 12.8. The number of fused-ring (bicyclic) bond motifs is 3. The van der Waals surface area contributed by atoms with Gasteiger partial charge in [-0.2, -0.15) is 5.26 Å². The number of amides is 1. The highest BCUT2D eigenvalue weighted by Crippen LogP contribution is 2.30. The lowest BCUT2D eigenvalue weighted by atomic mass is 10.0. The average Bonchev–Trinajstić information content (AvgIpc) is 3.05. The van der Waals surface area contributed by atoms with Gasteiger partial charge in [-0.25, -0.2) is 4.98 Å². The van der Waals surface area contributed by atoms with Crippen molar-refractivity contribution in [1.29, 1.82) is 5.26 Å². The molecule has 1 aliphatic rings. The first kappa shape index (κ1) is 17.9. The van der Waals surface area contributed by atoms with Gasteiger partial charge in [-0.15, -0.1) is 0 Å². The number of nitriles is 1. The molecule has 3 heterocycles. The highest BCUT2D eigenvalue weighted by molar-refractivity contribution is 7.99. The summed E-state index contributed by atoms with van der Waals surface area (Å²) >= 11 is 1.53. The zero-order valence-corrected chi connectivity index (χ0v) is 16.4. The first-order valence-corrected chi connectivity index (χ1v) is 10.3. The van der Waals surface area contributed by atoms with Gasteiger partial charge in [0, 0.05) is 12.6 Å². The Kier molecular flexibility index (Phi) is 4.79. The zero-order valence-electron chi connectivity index (χ0n) is 15.6. The van der Waals surface area contributed by atoms with Crippen molar-refractivity contribution in [3.63, 3.8) is 0 Å². The molecule has 4 rings (SSSR count). The molecule has 0 bridgehead atoms. The maximum Gasteiger partial charge on any atom is 0.233 e. The molecule has 1 atom stereocenters. The number of para-hydroxylation sites is 2. The minimum atomic E-state index is 0.187. The number of carbonyl (C=O) groups excluding carboxylic acids is 1. The van der Waals surface area contributed by atoms with Crippen LogP contribution in [0.4, 0.5) is 0 Å². The topological polar surface area (TPSA) is 61.4 Å². The lowest BCUT2D eigenvalue weighted by Gasteiger charge is -2.33. The molecule has 1 fully saturated rings. The van der Waals surface area contributed by atoms with Crippen LogP contribution >= 0.6 is 11.8 Å². The predicted molar refractivity (Wildman–Crippen MR) is 108 cm³/mol. The molecule has 1 aliphatic heterocycles. The summed E-state index contributed by atoms with van der Waals surface area (Å²) in [7, 11) is 0. The van der Waals surface area contributed by atoms with Crippen LogP contribution in [0.15, 0.2) is 35.4 Å². The van der Waals surface area contributed by atoms with E-state index >= 15 is 0 Å². The Morgan fingerprint density at radius 2 is 2.19 bits per heavy atom. The average molecular weight is 379 g/mol. The summed E-state index contributed by atoms with van der Waals surface area (Å²) in [6, 6.07) is 12.5. The van der Waals surface area contributed by atoms with Crippen LogP contribution in [-0.4, -0.2) is 38.5 Å². The van der Waals surface area contributed by atoms with E-state index in [0.717, 1.165) is 41.0 Å². The first-order chi connectivity index (χ1) is 13.1. The van der Waals surface area contributed by atoms with Gasteiger partial charge in [0.1, 0.15) is 6.07 Å². The van der Waals surface area contributed by atoms with Crippen molar-refractivity contribution in [3.05, 3.63) is 41.5 Å². The molecule has 5 nitrogen and oxygen atoms in total. The molecule has 1 aromatic carbocycles. The first-order valence-electron chi connectivity index (χ1n) is 9.33. The number of aromatic nitrogens is 2. The summed E-state index contributed by atoms with van der Waals surface area (Å²) in [4.78, 5) is 19.4. The monoisotopic (exact) mass is 378 g/mol. The van der Waals surface area contributed by atoms with Crippen molar-refractivity contribution in [1.82, 2.24) is 14.3 Å². The minimum Gasteiger partial charge on any atom is -0.339 e. The summed E-state index contributed by atoms with van der Waals surface area (Å²) in [5.41, 5.74) is 3.97. The number of piperidine rings is 1. The Balaban J connectivity index is 1.71. The molecule has 0 spiro atoms. The van der Waals surface area contributed by atoms with Gasteiger partial charge in [0.25, 0.3) is 0 Å². The van der Waals surface area contributed by atoms with Gasteiger partial charge in [-0.1, -0.05) is 23.9 Å². The molecule has 0 aliphatic carbocycles. The zero-order chi connectivity index (χ0) is 19.0. The molecule has 1 amide bonds. The van der Waals surface area contributed by atoms with Gasteiger partial charge in [-0.3, -0.25) is 9.20 Å². The molecule has 6 heteroatoms. The third kappa shape index (κ3) is 3.17. The molecule has 27 heavy (non-hydrogen) atoms. The van der Waals surface area contributed by atoms with Crippen LogP contribution in [0.1, 0.15) is 37.3 Å². The predicted octanol–water partition coefficient (Wildman–Crippen LogP) is 4.16. The van der Waals surface area contributed by atoms with Gasteiger partial charge < -0.3 is 4.90 Å². The molecular weight excluding hydrogens is 356 g/mol. The second-order valence-electron chi connectivity index (χ2n) is 7.13. The van der Waals surface area contributed by atoms with Crippen LogP contribution in [0.2, 0.25) is 0 Å². The van der Waals surface area contributed by atoms with E-state index in [1.165, 1.54) is 18.2 Å². The second-order valence-corrected chi connectivity index (χ2v) is 8.13. The van der Waals surface area contributed by atoms with E-state index < -0.39 is 0 Å². The molecular formula is C21H22N4OS. The second kappa shape index (κ2) is 7.24. The number of hydrogen-bond acceptors (Lipinski definition) is 4. The van der Waals surface area contributed by atoms with Gasteiger partial charge in [-0.05, 0) is 56.9 Å². The van der Waals surface area contributed by atoms with Crippen LogP contribution in [0.25, 0.3) is 16.7 Å². The Hall–Kier alpha value is -2.52. The Morgan fingerprint density at radius 3 is 2.96 bits per heavy atom. The van der Waals surface area contributed by atoms with Crippen molar-refractivity contribution < 1.29 is 4.79 Å². The molecule has 138 valence electrons. The Morgan fingerprint density at radius 1 is 1.37 bits per heavy atom. The fraction of sp³-hybridized carbons (Fsp3) is 0.381. The molecule has 0 N–H and O–H groups in total. The third-order valence-electron chi connectivity index (χ3n) is 5.32. The van der Waals surface area contributed by atoms with Crippen molar-refractivity contribution in [2.45, 2.75) is 44.2 Å². The van der Waals surface area contributed by atoms with Crippen molar-refractivity contribution in [2.75, 3.05) is 12.3 Å². The number of nitrogens with zero attached hydrogens (tertiary/aromatic N) is 4. The molecule has 2 aromatic heterocycles. The van der Waals surface area contributed by atoms with Gasteiger partial charge >= 0.3 is 0 Å². The summed E-state index contributed by atoms with van der Waals surface area (Å²) < 4.78 is 2.01. The summed E-state index contributed by atoms with van der Waals surface area (Å²) in [6.07, 6.45) is 3.38. The Bertz CT molecular complexity index is 1070. The number of thioether (sulfide) groups is 1. The highest BCUT2D eigenvalue weighted by atomic mass is 32.2. The van der Waals surface area contributed by atoms with E-state index in [0.29, 0.717) is 23.0 Å². The van der Waals surface area contributed by atoms with Crippen molar-refractivity contribution in [2.24, 2.45) is 0 Å². The standard InChI is InChI=1S/C21H22N4OS/c1-14-11-20(27-13-19(26)24-10-6-5-7-15(24)2)25-18-9-4-3-8-17(18)23-21(25)16(14)12-22/h3-4,8-9,11,15H,5-7,10,13H2,1-2H3/t15-/m1/s1. The van der Waals surface area contributed by atoms with Crippen molar-refractivity contribution in [3.8, 4) is 6.07 Å². The lowest BCUT2D eigenvalue weighted by molar-refractivity contribution is -0.131. The SMILES string of the molecule is Cc1cc(SCC(=O)N2CCCC[C@H]2C)n2c(nc3ccccc32)c1C#N. The number of hydrogen-bond donors (Lipinski definition) is 0. The lowest BCUT2D eigenvalue weighted by Crippen LogP contribution is -2.42. The normalized spacial score (nSPS) is 17.4. The quantitative estimate of drug-likeness (QED) is 0.642. The molecule has 1 saturated heterocycles. The number of likely N-dealkylation sites (tertiary alicyclic amines) is 1. The molecule has 0 unspecified atom stereocenters. The number of rotatable bonds is 3. The molecule has 0 saturated carbocycles. The number of benzene rings is 1. The number of aryl methyl sites for hydroxylation is 1. The van der Waals surface area contributed by atoms with Crippen LogP contribution in [0, 0.1) is 18.3 Å². The maximum absolute atomic E-state index is 12.8. The summed E-state index contributed by atoms with van der Waals surface area (Å²) in [5, 5.41) is 10.5. The van der Waals surface area contributed by atoms with E-state index in [4.69, 9.17) is 0 Å². The van der Waals surface area contributed by atoms with Gasteiger partial charge in [0.15, 0.2) is 5.65 Å². The number of pyridine rings is 1. The number of imidazole rings is 1. The van der Waals surface area contributed by atoms with Crippen molar-refractivity contribution >= 4 is 34.3 Å². The number of carbonyl (C=O) groups is 1. The van der Waals surface area contributed by atoms with E-state index in [9.17, 15) is 10.1 Å². The van der Waals surface area contributed by atoms with Crippen LogP contribution < -0.4 is 0 Å². The minimum absolute atomic E-state index is 0.187. The fourth-order valence-corrected chi connectivity index (χ4v) is 4.86. The van der Waals surface area contributed by atoms with E-state index in [1.807, 2.05) is 46.6 Å². The van der Waals surface area contributed by atoms with E-state index in [1.54, 1.807) is 0 Å². The van der Waals surface area contributed by atoms with E-state index in [2.05, 4.69) is 18.0 Å². The third-order valence-corrected chi connectivity index (χ3v) is 6.31.